The summed E-state index contributed by atoms with van der Waals surface area (Å²) in [5.74, 6) is -0.123. The summed E-state index contributed by atoms with van der Waals surface area (Å²) in [5, 5.41) is 5.68. The summed E-state index contributed by atoms with van der Waals surface area (Å²) in [6.45, 7) is 11.4. The number of benzene rings is 1. The minimum absolute atomic E-state index is 0.0138. The van der Waals surface area contributed by atoms with E-state index in [2.05, 4.69) is 15.5 Å². The molecule has 1 saturated heterocycles. The second-order valence-corrected chi connectivity index (χ2v) is 6.13. The molecule has 1 spiro atoms. The van der Waals surface area contributed by atoms with E-state index in [1.807, 2.05) is 38.1 Å². The van der Waals surface area contributed by atoms with Crippen LogP contribution in [0, 0.1) is 6.57 Å². The zero-order valence-electron chi connectivity index (χ0n) is 12.6. The minimum Gasteiger partial charge on any atom is -0.336 e. The Kier molecular flexibility index (Phi) is 3.28. The highest BCUT2D eigenvalue weighted by atomic mass is 16.2. The van der Waals surface area contributed by atoms with Crippen molar-refractivity contribution in [3.8, 4) is 0 Å². The van der Waals surface area contributed by atoms with Crippen LogP contribution in [0.4, 0.5) is 10.5 Å². The van der Waals surface area contributed by atoms with E-state index in [0.717, 1.165) is 11.3 Å². The van der Waals surface area contributed by atoms with Crippen LogP contribution in [0.15, 0.2) is 24.3 Å². The number of nitrogens with zero attached hydrogens (tertiary/aromatic N) is 2. The van der Waals surface area contributed by atoms with Crippen LogP contribution < -0.4 is 10.6 Å². The van der Waals surface area contributed by atoms with E-state index < -0.39 is 11.6 Å². The van der Waals surface area contributed by atoms with Gasteiger partial charge in [-0.3, -0.25) is 14.5 Å². The SMILES string of the molecule is [C-]#[N+][C@@H]1C[C@@]2(CN1C(=O)NC(C)C)C(=O)Nc1ccccc12. The summed E-state index contributed by atoms with van der Waals surface area (Å²) < 4.78 is 0. The second kappa shape index (κ2) is 5.02. The number of likely N-dealkylation sites (tertiary alicyclic amines) is 1. The molecule has 2 N–H and O–H groups in total. The van der Waals surface area contributed by atoms with Crippen molar-refractivity contribution in [1.82, 2.24) is 10.2 Å². The van der Waals surface area contributed by atoms with Gasteiger partial charge in [-0.15, -0.1) is 0 Å². The topological polar surface area (TPSA) is 65.8 Å². The highest BCUT2D eigenvalue weighted by Crippen LogP contribution is 2.46. The fraction of sp³-hybridized carbons (Fsp3) is 0.438. The normalized spacial score (nSPS) is 26.0. The number of fused-ring (bicyclic) bond motifs is 2. The molecule has 3 amide bonds. The predicted octanol–water partition coefficient (Wildman–Crippen LogP) is 1.95. The number of carbonyl (C=O) groups excluding carboxylic acids is 2. The van der Waals surface area contributed by atoms with Crippen LogP contribution in [-0.4, -0.2) is 35.6 Å². The van der Waals surface area contributed by atoms with Gasteiger partial charge in [0.2, 0.25) is 5.91 Å². The zero-order valence-corrected chi connectivity index (χ0v) is 12.6. The third-order valence-corrected chi connectivity index (χ3v) is 4.28. The van der Waals surface area contributed by atoms with Crippen LogP contribution >= 0.6 is 0 Å². The standard InChI is InChI=1S/C16H18N4O2/c1-10(2)18-15(22)20-9-16(8-13(20)17-3)11-6-4-5-7-12(11)19-14(16)21/h4-7,10,13H,8-9H2,1-2H3,(H,18,22)(H,19,21)/t13-,16-/m0/s1. The van der Waals surface area contributed by atoms with E-state index in [0.29, 0.717) is 6.42 Å². The van der Waals surface area contributed by atoms with Gasteiger partial charge in [0.1, 0.15) is 5.41 Å². The minimum atomic E-state index is -0.805. The van der Waals surface area contributed by atoms with Crippen molar-refractivity contribution < 1.29 is 9.59 Å². The maximum Gasteiger partial charge on any atom is 0.323 e. The summed E-state index contributed by atoms with van der Waals surface area (Å²) in [6.07, 6.45) is -0.277. The van der Waals surface area contributed by atoms with Crippen molar-refractivity contribution >= 4 is 17.6 Å². The molecular weight excluding hydrogens is 280 g/mol. The van der Waals surface area contributed by atoms with Gasteiger partial charge in [-0.05, 0) is 25.5 Å². The van der Waals surface area contributed by atoms with Gasteiger partial charge in [-0.1, -0.05) is 18.2 Å². The highest BCUT2D eigenvalue weighted by molar-refractivity contribution is 6.07. The molecule has 114 valence electrons. The summed E-state index contributed by atoms with van der Waals surface area (Å²) >= 11 is 0. The van der Waals surface area contributed by atoms with Crippen LogP contribution in [0.2, 0.25) is 0 Å². The first-order chi connectivity index (χ1) is 10.5. The number of hydrogen-bond acceptors (Lipinski definition) is 2. The molecule has 1 fully saturated rings. The van der Waals surface area contributed by atoms with Crippen molar-refractivity contribution in [2.24, 2.45) is 0 Å². The van der Waals surface area contributed by atoms with E-state index in [4.69, 9.17) is 6.57 Å². The van der Waals surface area contributed by atoms with Crippen LogP contribution in [0.1, 0.15) is 25.8 Å². The van der Waals surface area contributed by atoms with Gasteiger partial charge in [-0.25, -0.2) is 11.4 Å². The number of urea groups is 1. The van der Waals surface area contributed by atoms with Crippen LogP contribution in [0.3, 0.4) is 0 Å². The van der Waals surface area contributed by atoms with Crippen LogP contribution in [0.25, 0.3) is 4.85 Å². The van der Waals surface area contributed by atoms with Gasteiger partial charge in [0.15, 0.2) is 0 Å². The Morgan fingerprint density at radius 1 is 1.50 bits per heavy atom. The lowest BCUT2D eigenvalue weighted by Gasteiger charge is -2.22. The first-order valence-corrected chi connectivity index (χ1v) is 7.32. The van der Waals surface area contributed by atoms with Gasteiger partial charge < -0.3 is 10.6 Å². The second-order valence-electron chi connectivity index (χ2n) is 6.13. The molecule has 0 unspecified atom stereocenters. The van der Waals surface area contributed by atoms with E-state index in [1.54, 1.807) is 0 Å². The molecule has 0 aromatic heterocycles. The maximum absolute atomic E-state index is 12.5. The Morgan fingerprint density at radius 2 is 2.23 bits per heavy atom. The Labute approximate surface area is 129 Å². The lowest BCUT2D eigenvalue weighted by atomic mass is 9.80. The molecule has 2 aliphatic rings. The molecule has 3 rings (SSSR count). The number of nitrogens with one attached hydrogen (secondary N) is 2. The summed E-state index contributed by atoms with van der Waals surface area (Å²) in [4.78, 5) is 29.9. The van der Waals surface area contributed by atoms with Gasteiger partial charge in [-0.2, -0.15) is 0 Å². The molecule has 0 aliphatic carbocycles. The third kappa shape index (κ3) is 2.01. The van der Waals surface area contributed by atoms with Crippen molar-refractivity contribution in [2.75, 3.05) is 11.9 Å². The predicted molar refractivity (Wildman–Crippen MR) is 82.1 cm³/mol. The Bertz CT molecular complexity index is 679. The lowest BCUT2D eigenvalue weighted by Crippen LogP contribution is -2.46. The number of amides is 3. The molecule has 22 heavy (non-hydrogen) atoms. The number of carbonyl (C=O) groups is 2. The van der Waals surface area contributed by atoms with Crippen molar-refractivity contribution in [3.05, 3.63) is 41.2 Å². The lowest BCUT2D eigenvalue weighted by molar-refractivity contribution is -0.120. The van der Waals surface area contributed by atoms with Gasteiger partial charge in [0, 0.05) is 18.3 Å². The van der Waals surface area contributed by atoms with Gasteiger partial charge in [0.25, 0.3) is 0 Å². The van der Waals surface area contributed by atoms with Crippen molar-refractivity contribution in [3.63, 3.8) is 0 Å². The average Bonchev–Trinajstić information content (AvgIpc) is 2.99. The summed E-state index contributed by atoms with van der Waals surface area (Å²) in [7, 11) is 0. The first kappa shape index (κ1) is 14.4. The van der Waals surface area contributed by atoms with E-state index in [-0.39, 0.29) is 24.5 Å². The van der Waals surface area contributed by atoms with Crippen molar-refractivity contribution in [2.45, 2.75) is 37.9 Å². The average molecular weight is 298 g/mol. The molecule has 1 aromatic rings. The molecule has 2 atom stereocenters. The zero-order chi connectivity index (χ0) is 15.9. The number of hydrogen-bond donors (Lipinski definition) is 2. The molecular formula is C16H18N4O2. The monoisotopic (exact) mass is 298 g/mol. The van der Waals surface area contributed by atoms with E-state index in [9.17, 15) is 9.59 Å². The number of rotatable bonds is 1. The first-order valence-electron chi connectivity index (χ1n) is 7.32. The number of anilines is 1. The maximum atomic E-state index is 12.5. The Morgan fingerprint density at radius 3 is 2.91 bits per heavy atom. The molecule has 0 saturated carbocycles. The van der Waals surface area contributed by atoms with Crippen LogP contribution in [0.5, 0.6) is 0 Å². The molecule has 2 heterocycles. The van der Waals surface area contributed by atoms with E-state index in [1.165, 1.54) is 4.90 Å². The fourth-order valence-corrected chi connectivity index (χ4v) is 3.27. The summed E-state index contributed by atoms with van der Waals surface area (Å²) in [6, 6.07) is 7.20. The Balaban J connectivity index is 1.96. The smallest absolute Gasteiger partial charge is 0.323 e. The van der Waals surface area contributed by atoms with Gasteiger partial charge in [0.05, 0.1) is 6.42 Å². The number of para-hydroxylation sites is 1. The van der Waals surface area contributed by atoms with E-state index >= 15 is 0 Å². The summed E-state index contributed by atoms with van der Waals surface area (Å²) in [5.41, 5.74) is 0.857. The molecule has 1 aromatic carbocycles. The molecule has 0 radical (unpaired) electrons. The highest BCUT2D eigenvalue weighted by Gasteiger charge is 2.58. The quantitative estimate of drug-likeness (QED) is 0.778. The molecule has 6 heteroatoms. The largest absolute Gasteiger partial charge is 0.336 e. The molecule has 0 bridgehead atoms. The molecule has 6 nitrogen and oxygen atoms in total. The van der Waals surface area contributed by atoms with Crippen molar-refractivity contribution in [1.29, 1.82) is 0 Å². The van der Waals surface area contributed by atoms with Crippen LogP contribution in [-0.2, 0) is 10.2 Å². The fourth-order valence-electron chi connectivity index (χ4n) is 3.27. The van der Waals surface area contributed by atoms with Gasteiger partial charge >= 0.3 is 12.2 Å². The third-order valence-electron chi connectivity index (χ3n) is 4.28. The molecule has 2 aliphatic heterocycles. The Hall–Kier alpha value is -2.55.